The number of nitrogens with one attached hydrogen (secondary N) is 1. The Morgan fingerprint density at radius 2 is 2.04 bits per heavy atom. The Balaban J connectivity index is 1.47. The molecule has 2 fully saturated rings. The molecule has 144 valence electrons. The van der Waals surface area contributed by atoms with Gasteiger partial charge in [-0.3, -0.25) is 0 Å². The van der Waals surface area contributed by atoms with E-state index < -0.39 is 0 Å². The van der Waals surface area contributed by atoms with Crippen molar-refractivity contribution < 1.29 is 4.74 Å². The highest BCUT2D eigenvalue weighted by Gasteiger charge is 2.28. The molecule has 1 aromatic heterocycles. The van der Waals surface area contributed by atoms with Crippen LogP contribution in [0.1, 0.15) is 30.5 Å². The third-order valence-electron chi connectivity index (χ3n) is 6.12. The lowest BCUT2D eigenvalue weighted by atomic mass is 10.0. The van der Waals surface area contributed by atoms with Crippen molar-refractivity contribution in [2.24, 2.45) is 11.8 Å². The van der Waals surface area contributed by atoms with Gasteiger partial charge in [-0.05, 0) is 68.0 Å². The maximum Gasteiger partial charge on any atom is 0.221 e. The molecule has 3 aliphatic rings. The van der Waals surface area contributed by atoms with Crippen LogP contribution in [-0.2, 0) is 6.42 Å². The summed E-state index contributed by atoms with van der Waals surface area (Å²) in [5, 5.41) is 12.6. The number of anilines is 1. The molecule has 1 atom stereocenters. The molecule has 2 aromatic rings. The van der Waals surface area contributed by atoms with Crippen molar-refractivity contribution >= 4 is 5.69 Å². The van der Waals surface area contributed by atoms with Gasteiger partial charge in [0.15, 0.2) is 0 Å². The zero-order valence-corrected chi connectivity index (χ0v) is 16.2. The highest BCUT2D eigenvalue weighted by molar-refractivity contribution is 5.75. The highest BCUT2D eigenvalue weighted by Crippen LogP contribution is 2.39. The summed E-state index contributed by atoms with van der Waals surface area (Å²) >= 11 is 0. The van der Waals surface area contributed by atoms with Gasteiger partial charge in [0.25, 0.3) is 0 Å². The zero-order chi connectivity index (χ0) is 18.9. The third-order valence-corrected chi connectivity index (χ3v) is 6.12. The minimum atomic E-state index is 0.675. The second kappa shape index (κ2) is 7.44. The van der Waals surface area contributed by atoms with Crippen molar-refractivity contribution in [3.05, 3.63) is 41.6 Å². The van der Waals surface area contributed by atoms with Gasteiger partial charge in [0.2, 0.25) is 5.88 Å². The van der Waals surface area contributed by atoms with E-state index in [2.05, 4.69) is 22.4 Å². The fraction of sp³-hybridized carbons (Fsp3) is 0.478. The van der Waals surface area contributed by atoms with Crippen molar-refractivity contribution in [2.45, 2.75) is 25.7 Å². The van der Waals surface area contributed by atoms with Gasteiger partial charge in [0.1, 0.15) is 0 Å². The summed E-state index contributed by atoms with van der Waals surface area (Å²) in [7, 11) is 0. The van der Waals surface area contributed by atoms with Crippen molar-refractivity contribution in [3.8, 4) is 23.1 Å². The number of hydrogen-bond acceptors (Lipinski definition) is 5. The molecule has 1 aromatic carbocycles. The molecule has 5 rings (SSSR count). The summed E-state index contributed by atoms with van der Waals surface area (Å²) < 4.78 is 6.16. The van der Waals surface area contributed by atoms with Crippen molar-refractivity contribution in [3.63, 3.8) is 0 Å². The maximum atomic E-state index is 9.10. The molecule has 0 radical (unpaired) electrons. The Bertz CT molecular complexity index is 892. The van der Waals surface area contributed by atoms with Crippen LogP contribution < -0.4 is 15.0 Å². The van der Waals surface area contributed by atoms with Gasteiger partial charge in [-0.25, -0.2) is 4.98 Å². The van der Waals surface area contributed by atoms with Crippen LogP contribution in [-0.4, -0.2) is 37.8 Å². The first-order valence-electron chi connectivity index (χ1n) is 10.4. The van der Waals surface area contributed by atoms with E-state index in [0.29, 0.717) is 11.5 Å². The van der Waals surface area contributed by atoms with Crippen molar-refractivity contribution in [2.75, 3.05) is 37.7 Å². The Labute approximate surface area is 166 Å². The lowest BCUT2D eigenvalue weighted by Gasteiger charge is -2.23. The minimum Gasteiger partial charge on any atom is -0.477 e. The van der Waals surface area contributed by atoms with Gasteiger partial charge in [-0.1, -0.05) is 12.1 Å². The molecule has 2 aliphatic heterocycles. The second-order valence-electron chi connectivity index (χ2n) is 8.31. The Morgan fingerprint density at radius 3 is 2.75 bits per heavy atom. The molecular formula is C23H26N4O. The molecule has 28 heavy (non-hydrogen) atoms. The summed E-state index contributed by atoms with van der Waals surface area (Å²) in [5.74, 6) is 2.16. The van der Waals surface area contributed by atoms with Crippen LogP contribution in [0, 0.1) is 23.2 Å². The first-order chi connectivity index (χ1) is 13.8. The lowest BCUT2D eigenvalue weighted by Crippen LogP contribution is -2.28. The van der Waals surface area contributed by atoms with E-state index in [1.54, 1.807) is 0 Å². The van der Waals surface area contributed by atoms with Crippen molar-refractivity contribution in [1.29, 1.82) is 5.26 Å². The number of pyridine rings is 1. The maximum absolute atomic E-state index is 9.10. The molecule has 5 heteroatoms. The molecule has 0 bridgehead atoms. The highest BCUT2D eigenvalue weighted by atomic mass is 16.5. The fourth-order valence-electron chi connectivity index (χ4n) is 4.23. The standard InChI is InChI=1S/C23H26N4O/c24-12-16-3-5-19(6-4-16)20-11-22-21(26-23(20)28-15-17-1-2-17)8-10-27(22)14-18-7-9-25-13-18/h3-6,11,17-18,25H,1-2,7-10,13-15H2/t18-/m0/s1. The summed E-state index contributed by atoms with van der Waals surface area (Å²) in [5.41, 5.74) is 5.20. The zero-order valence-electron chi connectivity index (χ0n) is 16.2. The van der Waals surface area contributed by atoms with E-state index in [1.807, 2.05) is 24.3 Å². The number of rotatable bonds is 6. The third kappa shape index (κ3) is 3.57. The number of benzene rings is 1. The van der Waals surface area contributed by atoms with Gasteiger partial charge < -0.3 is 15.0 Å². The molecule has 0 spiro atoms. The molecular weight excluding hydrogens is 348 g/mol. The number of nitriles is 1. The molecule has 1 N–H and O–H groups in total. The Morgan fingerprint density at radius 1 is 1.18 bits per heavy atom. The average Bonchev–Trinajstić information content (AvgIpc) is 3.27. The van der Waals surface area contributed by atoms with Crippen LogP contribution in [0.4, 0.5) is 5.69 Å². The normalized spacial score (nSPS) is 20.8. The minimum absolute atomic E-state index is 0.675. The predicted octanol–water partition coefficient (Wildman–Crippen LogP) is 3.38. The van der Waals surface area contributed by atoms with E-state index in [9.17, 15) is 0 Å². The quantitative estimate of drug-likeness (QED) is 0.840. The van der Waals surface area contributed by atoms with Gasteiger partial charge in [-0.15, -0.1) is 0 Å². The summed E-state index contributed by atoms with van der Waals surface area (Å²) in [6.07, 6.45) is 4.77. The average molecular weight is 374 g/mol. The molecule has 0 amide bonds. The van der Waals surface area contributed by atoms with Gasteiger partial charge in [0, 0.05) is 25.1 Å². The van der Waals surface area contributed by atoms with E-state index in [1.165, 1.54) is 24.9 Å². The molecule has 1 saturated heterocycles. The van der Waals surface area contributed by atoms with E-state index in [4.69, 9.17) is 15.0 Å². The lowest BCUT2D eigenvalue weighted by molar-refractivity contribution is 0.289. The molecule has 1 aliphatic carbocycles. The molecule has 1 saturated carbocycles. The SMILES string of the molecule is N#Cc1ccc(-c2cc3c(nc2OCC2CC2)CCN3C[C@H]2CCNC2)cc1. The largest absolute Gasteiger partial charge is 0.477 e. The van der Waals surface area contributed by atoms with E-state index in [-0.39, 0.29) is 0 Å². The Hall–Kier alpha value is -2.58. The number of aromatic nitrogens is 1. The van der Waals surface area contributed by atoms with Gasteiger partial charge in [-0.2, -0.15) is 5.26 Å². The number of ether oxygens (including phenoxy) is 1. The van der Waals surface area contributed by atoms with Crippen LogP contribution in [0.5, 0.6) is 5.88 Å². The molecule has 0 unspecified atom stereocenters. The van der Waals surface area contributed by atoms with Crippen LogP contribution >= 0.6 is 0 Å². The van der Waals surface area contributed by atoms with Crippen LogP contribution in [0.25, 0.3) is 11.1 Å². The summed E-state index contributed by atoms with van der Waals surface area (Å²) in [6.45, 7) is 5.14. The monoisotopic (exact) mass is 374 g/mol. The summed E-state index contributed by atoms with van der Waals surface area (Å²) in [4.78, 5) is 7.45. The first-order valence-corrected chi connectivity index (χ1v) is 10.4. The van der Waals surface area contributed by atoms with Gasteiger partial charge in [0.05, 0.1) is 29.6 Å². The second-order valence-corrected chi connectivity index (χ2v) is 8.31. The fourth-order valence-corrected chi connectivity index (χ4v) is 4.23. The first kappa shape index (κ1) is 17.5. The topological polar surface area (TPSA) is 61.2 Å². The predicted molar refractivity (Wildman–Crippen MR) is 110 cm³/mol. The van der Waals surface area contributed by atoms with Gasteiger partial charge >= 0.3 is 0 Å². The van der Waals surface area contributed by atoms with Crippen LogP contribution in [0.3, 0.4) is 0 Å². The number of fused-ring (bicyclic) bond motifs is 1. The van der Waals surface area contributed by atoms with Crippen molar-refractivity contribution in [1.82, 2.24) is 10.3 Å². The van der Waals surface area contributed by atoms with E-state index >= 15 is 0 Å². The number of hydrogen-bond donors (Lipinski definition) is 1. The smallest absolute Gasteiger partial charge is 0.221 e. The number of nitrogens with zero attached hydrogens (tertiary/aromatic N) is 3. The summed E-state index contributed by atoms with van der Waals surface area (Å²) in [6, 6.07) is 12.2. The molecule has 3 heterocycles. The molecule has 5 nitrogen and oxygen atoms in total. The van der Waals surface area contributed by atoms with Crippen LogP contribution in [0.15, 0.2) is 30.3 Å². The van der Waals surface area contributed by atoms with E-state index in [0.717, 1.165) is 67.8 Å². The van der Waals surface area contributed by atoms with Crippen LogP contribution in [0.2, 0.25) is 0 Å². The Kier molecular flexibility index (Phi) is 4.66.